The third kappa shape index (κ3) is 13.1. The van der Waals surface area contributed by atoms with Gasteiger partial charge >= 0.3 is 18.1 Å². The summed E-state index contributed by atoms with van der Waals surface area (Å²) in [6.45, 7) is 14.0. The molecule has 292 valence electrons. The fourth-order valence-corrected chi connectivity index (χ4v) is 5.68. The number of hydrogen-bond donors (Lipinski definition) is 1. The van der Waals surface area contributed by atoms with Gasteiger partial charge in [0.25, 0.3) is 11.8 Å². The Bertz CT molecular complexity index is 1400. The number of nitrogens with zero attached hydrogens (tertiary/aromatic N) is 3. The first-order valence-corrected chi connectivity index (χ1v) is 18.7. The molecule has 0 saturated carbocycles. The van der Waals surface area contributed by atoms with Crippen molar-refractivity contribution in [1.29, 1.82) is 0 Å². The third-order valence-corrected chi connectivity index (χ3v) is 8.63. The summed E-state index contributed by atoms with van der Waals surface area (Å²) in [6, 6.07) is 2.29. The van der Waals surface area contributed by atoms with Gasteiger partial charge in [0.15, 0.2) is 17.4 Å². The van der Waals surface area contributed by atoms with Crippen molar-refractivity contribution in [3.63, 3.8) is 0 Å². The Morgan fingerprint density at radius 3 is 1.98 bits per heavy atom. The van der Waals surface area contributed by atoms with Crippen molar-refractivity contribution in [3.8, 4) is 5.75 Å². The highest BCUT2D eigenvalue weighted by Crippen LogP contribution is 2.32. The average Bonchev–Trinajstić information content (AvgIpc) is 3.25. The van der Waals surface area contributed by atoms with Gasteiger partial charge in [-0.15, -0.1) is 0 Å². The van der Waals surface area contributed by atoms with E-state index < -0.39 is 46.7 Å². The second kappa shape index (κ2) is 20.2. The van der Waals surface area contributed by atoms with Crippen LogP contribution in [0.3, 0.4) is 0 Å². The maximum atomic E-state index is 13.7. The molecule has 1 aromatic rings. The average molecular weight is 731 g/mol. The number of nitrogens with one attached hydrogen (secondary N) is 1. The molecule has 1 aliphatic rings. The zero-order valence-corrected chi connectivity index (χ0v) is 33.1. The number of carbonyl (C=O) groups is 6. The molecule has 0 radical (unpaired) electrons. The summed E-state index contributed by atoms with van der Waals surface area (Å²) < 4.78 is 16.6. The first-order valence-electron chi connectivity index (χ1n) is 18.7. The van der Waals surface area contributed by atoms with Crippen molar-refractivity contribution in [2.45, 2.75) is 137 Å². The molecule has 52 heavy (non-hydrogen) atoms. The smallest absolute Gasteiger partial charge is 0.418 e. The summed E-state index contributed by atoms with van der Waals surface area (Å²) in [7, 11) is 3.38. The Kier molecular flexibility index (Phi) is 17.1. The van der Waals surface area contributed by atoms with Crippen molar-refractivity contribution in [2.24, 2.45) is 5.41 Å². The minimum absolute atomic E-state index is 0.0259. The van der Waals surface area contributed by atoms with Gasteiger partial charge in [-0.1, -0.05) is 85.5 Å². The van der Waals surface area contributed by atoms with Crippen molar-refractivity contribution in [1.82, 2.24) is 14.7 Å². The summed E-state index contributed by atoms with van der Waals surface area (Å²) >= 11 is 0. The highest BCUT2D eigenvalue weighted by molar-refractivity contribution is 6.19. The fourth-order valence-electron chi connectivity index (χ4n) is 5.68. The Morgan fingerprint density at radius 2 is 1.48 bits per heavy atom. The van der Waals surface area contributed by atoms with Gasteiger partial charge in [-0.05, 0) is 52.3 Å². The molecule has 0 bridgehead atoms. The van der Waals surface area contributed by atoms with E-state index in [1.54, 1.807) is 53.6 Å². The zero-order chi connectivity index (χ0) is 39.2. The van der Waals surface area contributed by atoms with Crippen LogP contribution in [0.2, 0.25) is 0 Å². The molecule has 2 rings (SSSR count). The molecular formula is C39H62N4O9. The van der Waals surface area contributed by atoms with Crippen molar-refractivity contribution >= 4 is 41.4 Å². The minimum Gasteiger partial charge on any atom is -0.489 e. The lowest BCUT2D eigenvalue weighted by atomic mass is 9.85. The number of ether oxygens (including phenoxy) is 3. The Hall–Kier alpha value is -4.16. The molecule has 1 atom stereocenters. The molecule has 1 saturated heterocycles. The van der Waals surface area contributed by atoms with Crippen LogP contribution in [0.5, 0.6) is 5.75 Å². The number of benzene rings is 1. The highest BCUT2D eigenvalue weighted by atomic mass is 16.6. The number of carbonyl (C=O) groups excluding carboxylic acids is 6. The van der Waals surface area contributed by atoms with E-state index in [1.807, 2.05) is 0 Å². The molecule has 13 nitrogen and oxygen atoms in total. The molecule has 0 aliphatic carbocycles. The topological polar surface area (TPSA) is 152 Å². The summed E-state index contributed by atoms with van der Waals surface area (Å²) in [5, 5.41) is 2.62. The fraction of sp³-hybridized carbons (Fsp3) is 0.692. The zero-order valence-electron chi connectivity index (χ0n) is 33.1. The van der Waals surface area contributed by atoms with Gasteiger partial charge in [0, 0.05) is 26.1 Å². The van der Waals surface area contributed by atoms with Crippen LogP contribution in [-0.4, -0.2) is 102 Å². The van der Waals surface area contributed by atoms with Crippen molar-refractivity contribution < 1.29 is 43.0 Å². The van der Waals surface area contributed by atoms with E-state index in [9.17, 15) is 28.8 Å². The second-order valence-corrected chi connectivity index (χ2v) is 15.4. The van der Waals surface area contributed by atoms with Gasteiger partial charge < -0.3 is 29.3 Å². The maximum absolute atomic E-state index is 13.7. The molecule has 1 aliphatic heterocycles. The number of imide groups is 1. The van der Waals surface area contributed by atoms with Crippen LogP contribution in [0, 0.1) is 5.41 Å². The number of hydrogen-bond acceptors (Lipinski definition) is 9. The first kappa shape index (κ1) is 44.0. The van der Waals surface area contributed by atoms with Crippen LogP contribution >= 0.6 is 0 Å². The molecule has 5 amide bonds. The SMILES string of the molecule is CCCCCCCCCCCCN(CCOC(=O)c1ccc(NC(=O)C(C(=O)C(C)(C)C)N2C(=O)OC(C)(C)C2=O)c(OC(C)C)c1)C(=O)N(C)C. The number of Topliss-reactive ketones (excluding diaryl/α,β-unsaturated/α-hetero) is 1. The number of esters is 1. The van der Waals surface area contributed by atoms with E-state index in [-0.39, 0.29) is 42.3 Å². The number of urea groups is 1. The summed E-state index contributed by atoms with van der Waals surface area (Å²) in [6.07, 6.45) is 10.4. The highest BCUT2D eigenvalue weighted by Gasteiger charge is 2.55. The Balaban J connectivity index is 2.11. The first-order chi connectivity index (χ1) is 24.3. The number of amides is 5. The molecule has 0 aromatic heterocycles. The van der Waals surface area contributed by atoms with Gasteiger partial charge in [0.1, 0.15) is 12.4 Å². The number of anilines is 1. The van der Waals surface area contributed by atoms with Gasteiger partial charge in [0.2, 0.25) is 0 Å². The number of ketones is 1. The molecular weight excluding hydrogens is 668 g/mol. The quantitative estimate of drug-likeness (QED) is 0.0786. The molecule has 0 spiro atoms. The molecule has 1 heterocycles. The Morgan fingerprint density at radius 1 is 0.904 bits per heavy atom. The van der Waals surface area contributed by atoms with E-state index in [4.69, 9.17) is 14.2 Å². The van der Waals surface area contributed by atoms with Crippen LogP contribution in [-0.2, 0) is 23.9 Å². The van der Waals surface area contributed by atoms with E-state index in [2.05, 4.69) is 12.2 Å². The lowest BCUT2D eigenvalue weighted by molar-refractivity contribution is -0.145. The monoisotopic (exact) mass is 730 g/mol. The number of rotatable bonds is 21. The standard InChI is InChI=1S/C39H62N4O9/c1-11-12-13-14-15-16-17-18-19-20-23-42(36(48)41(9)10)24-25-50-34(46)28-21-22-29(30(26-28)51-27(2)3)40-33(45)31(32(44)38(4,5)6)43-35(47)39(7,8)52-37(43)49/h21-22,26-27,31H,11-20,23-25H2,1-10H3,(H,40,45). The van der Waals surface area contributed by atoms with Crippen LogP contribution in [0.15, 0.2) is 18.2 Å². The summed E-state index contributed by atoms with van der Waals surface area (Å²) in [5.74, 6) is -2.98. The van der Waals surface area contributed by atoms with Gasteiger partial charge in [0.05, 0.1) is 23.9 Å². The number of cyclic esters (lactones) is 1. The van der Waals surface area contributed by atoms with Crippen molar-refractivity contribution in [2.75, 3.05) is 39.1 Å². The molecule has 1 aromatic carbocycles. The number of unbranched alkanes of at least 4 members (excludes halogenated alkanes) is 9. The summed E-state index contributed by atoms with van der Waals surface area (Å²) in [4.78, 5) is 82.8. The van der Waals surface area contributed by atoms with Crippen LogP contribution < -0.4 is 10.1 Å². The van der Waals surface area contributed by atoms with E-state index in [0.717, 1.165) is 19.3 Å². The lowest BCUT2D eigenvalue weighted by Crippen LogP contribution is -2.55. The largest absolute Gasteiger partial charge is 0.489 e. The van der Waals surface area contributed by atoms with Crippen molar-refractivity contribution in [3.05, 3.63) is 23.8 Å². The van der Waals surface area contributed by atoms with E-state index in [1.165, 1.54) is 81.9 Å². The third-order valence-electron chi connectivity index (χ3n) is 8.63. The maximum Gasteiger partial charge on any atom is 0.418 e. The van der Waals surface area contributed by atoms with Crippen LogP contribution in [0.25, 0.3) is 0 Å². The van der Waals surface area contributed by atoms with Gasteiger partial charge in [-0.2, -0.15) is 0 Å². The molecule has 13 heteroatoms. The van der Waals surface area contributed by atoms with E-state index >= 15 is 0 Å². The molecule has 1 unspecified atom stereocenters. The Labute approximate surface area is 310 Å². The predicted molar refractivity (Wildman–Crippen MR) is 199 cm³/mol. The predicted octanol–water partition coefficient (Wildman–Crippen LogP) is 7.21. The summed E-state index contributed by atoms with van der Waals surface area (Å²) in [5.41, 5.74) is -2.40. The second-order valence-electron chi connectivity index (χ2n) is 15.4. The van der Waals surface area contributed by atoms with Crippen LogP contribution in [0.4, 0.5) is 15.3 Å². The van der Waals surface area contributed by atoms with E-state index in [0.29, 0.717) is 11.4 Å². The molecule has 1 N–H and O–H groups in total. The van der Waals surface area contributed by atoms with Gasteiger partial charge in [-0.3, -0.25) is 14.4 Å². The molecule has 1 fully saturated rings. The normalized spacial score (nSPS) is 14.6. The van der Waals surface area contributed by atoms with Crippen LogP contribution in [0.1, 0.15) is 130 Å². The lowest BCUT2D eigenvalue weighted by Gasteiger charge is -2.28. The minimum atomic E-state index is -1.81. The van der Waals surface area contributed by atoms with Gasteiger partial charge in [-0.25, -0.2) is 19.3 Å².